The Kier molecular flexibility index (Phi) is 7.10. The van der Waals surface area contributed by atoms with Crippen molar-refractivity contribution >= 4 is 34.1 Å². The van der Waals surface area contributed by atoms with Crippen LogP contribution in [0.25, 0.3) is 34.1 Å². The molecule has 0 heterocycles. The van der Waals surface area contributed by atoms with E-state index in [4.69, 9.17) is 0 Å². The van der Waals surface area contributed by atoms with Crippen molar-refractivity contribution < 1.29 is 26.3 Å². The lowest BCUT2D eigenvalue weighted by molar-refractivity contribution is -0.138. The van der Waals surface area contributed by atoms with Crippen molar-refractivity contribution in [1.29, 1.82) is 10.5 Å². The zero-order valence-corrected chi connectivity index (χ0v) is 19.4. The van der Waals surface area contributed by atoms with Gasteiger partial charge in [0.25, 0.3) is 0 Å². The Balaban J connectivity index is 1.61. The molecular weight excluding hydrogens is 502 g/mol. The molecule has 0 radical (unpaired) electrons. The molecule has 0 fully saturated rings. The van der Waals surface area contributed by atoms with Gasteiger partial charge < -0.3 is 0 Å². The molecule has 0 N–H and O–H groups in total. The Morgan fingerprint density at radius 1 is 0.526 bits per heavy atom. The Bertz CT molecular complexity index is 1500. The number of benzene rings is 4. The van der Waals surface area contributed by atoms with Gasteiger partial charge in [0, 0.05) is 0 Å². The molecular formula is C30H16F6N2. The fraction of sp³-hybridized carbons (Fsp3) is 0.0667. The number of rotatable bonds is 4. The molecule has 0 saturated heterocycles. The van der Waals surface area contributed by atoms with Gasteiger partial charge in [-0.15, -0.1) is 0 Å². The van der Waals surface area contributed by atoms with Crippen molar-refractivity contribution in [2.75, 3.05) is 0 Å². The summed E-state index contributed by atoms with van der Waals surface area (Å²) in [7, 11) is 0. The van der Waals surface area contributed by atoms with Crippen LogP contribution in [0.1, 0.15) is 33.4 Å². The fourth-order valence-corrected chi connectivity index (χ4v) is 3.83. The van der Waals surface area contributed by atoms with Gasteiger partial charge in [0.05, 0.1) is 34.4 Å². The summed E-state index contributed by atoms with van der Waals surface area (Å²) >= 11 is 0. The van der Waals surface area contributed by atoms with Crippen LogP contribution in [0.4, 0.5) is 26.3 Å². The summed E-state index contributed by atoms with van der Waals surface area (Å²) in [4.78, 5) is 0. The Hall–Kier alpha value is -4.82. The van der Waals surface area contributed by atoms with Gasteiger partial charge in [0.2, 0.25) is 0 Å². The van der Waals surface area contributed by atoms with Crippen LogP contribution in [0.5, 0.6) is 0 Å². The van der Waals surface area contributed by atoms with E-state index in [0.29, 0.717) is 22.3 Å². The molecule has 0 bridgehead atoms. The van der Waals surface area contributed by atoms with Crippen LogP contribution >= 0.6 is 0 Å². The number of hydrogen-bond donors (Lipinski definition) is 0. The normalized spacial score (nSPS) is 12.7. The molecule has 0 aliphatic heterocycles. The number of allylic oxidation sites excluding steroid dienone is 2. The van der Waals surface area contributed by atoms with Crippen LogP contribution in [0.3, 0.4) is 0 Å². The van der Waals surface area contributed by atoms with E-state index in [1.54, 1.807) is 36.4 Å². The third-order valence-corrected chi connectivity index (χ3v) is 5.80. The van der Waals surface area contributed by atoms with Crippen LogP contribution in [0, 0.1) is 22.7 Å². The summed E-state index contributed by atoms with van der Waals surface area (Å²) in [5.74, 6) is 0. The number of alkyl halides is 6. The SMILES string of the molecule is N#C/C(=C\c1ccc2cc(/C=C(\C#N)c3ccc(C(F)(F)F)cc3)ccc2c1)c1ccc(C(F)(F)F)cc1. The van der Waals surface area contributed by atoms with Crippen LogP contribution in [-0.4, -0.2) is 0 Å². The van der Waals surface area contributed by atoms with Gasteiger partial charge in [-0.2, -0.15) is 36.9 Å². The molecule has 4 rings (SSSR count). The van der Waals surface area contributed by atoms with Crippen molar-refractivity contribution in [2.45, 2.75) is 12.4 Å². The van der Waals surface area contributed by atoms with Crippen LogP contribution in [0.15, 0.2) is 84.9 Å². The van der Waals surface area contributed by atoms with Crippen molar-refractivity contribution in [3.63, 3.8) is 0 Å². The minimum atomic E-state index is -4.47. The van der Waals surface area contributed by atoms with E-state index >= 15 is 0 Å². The first-order chi connectivity index (χ1) is 18.0. The maximum absolute atomic E-state index is 12.8. The quantitative estimate of drug-likeness (QED) is 0.154. The lowest BCUT2D eigenvalue weighted by Crippen LogP contribution is -2.04. The van der Waals surface area contributed by atoms with E-state index in [0.717, 1.165) is 35.0 Å². The highest BCUT2D eigenvalue weighted by Gasteiger charge is 2.30. The van der Waals surface area contributed by atoms with Crippen molar-refractivity contribution in [2.24, 2.45) is 0 Å². The molecule has 4 aromatic rings. The molecule has 0 amide bonds. The third kappa shape index (κ3) is 5.93. The maximum Gasteiger partial charge on any atom is 0.416 e. The van der Waals surface area contributed by atoms with E-state index < -0.39 is 23.5 Å². The number of hydrogen-bond acceptors (Lipinski definition) is 2. The highest BCUT2D eigenvalue weighted by molar-refractivity contribution is 5.95. The largest absolute Gasteiger partial charge is 0.416 e. The molecule has 8 heteroatoms. The number of nitriles is 2. The van der Waals surface area contributed by atoms with Gasteiger partial charge in [0.15, 0.2) is 0 Å². The average molecular weight is 518 g/mol. The van der Waals surface area contributed by atoms with Gasteiger partial charge in [-0.1, -0.05) is 48.5 Å². The third-order valence-electron chi connectivity index (χ3n) is 5.80. The maximum atomic E-state index is 12.8. The second kappa shape index (κ2) is 10.3. The minimum Gasteiger partial charge on any atom is -0.192 e. The first-order valence-electron chi connectivity index (χ1n) is 11.1. The van der Waals surface area contributed by atoms with E-state index in [-0.39, 0.29) is 11.1 Å². The zero-order valence-electron chi connectivity index (χ0n) is 19.4. The van der Waals surface area contributed by atoms with E-state index in [1.807, 2.05) is 24.3 Å². The summed E-state index contributed by atoms with van der Waals surface area (Å²) in [6.45, 7) is 0. The zero-order chi connectivity index (χ0) is 27.5. The first-order valence-corrected chi connectivity index (χ1v) is 11.1. The molecule has 38 heavy (non-hydrogen) atoms. The number of halogens is 6. The van der Waals surface area contributed by atoms with E-state index in [1.165, 1.54) is 24.3 Å². The van der Waals surface area contributed by atoms with Crippen molar-refractivity contribution in [1.82, 2.24) is 0 Å². The summed E-state index contributed by atoms with van der Waals surface area (Å²) in [5, 5.41) is 20.7. The summed E-state index contributed by atoms with van der Waals surface area (Å²) in [5.41, 5.74) is 0.848. The number of nitrogens with zero attached hydrogens (tertiary/aromatic N) is 2. The molecule has 0 unspecified atom stereocenters. The van der Waals surface area contributed by atoms with Crippen LogP contribution in [0.2, 0.25) is 0 Å². The first kappa shape index (κ1) is 26.2. The molecule has 0 aromatic heterocycles. The Morgan fingerprint density at radius 3 is 1.16 bits per heavy atom. The van der Waals surface area contributed by atoms with Gasteiger partial charge in [-0.25, -0.2) is 0 Å². The predicted octanol–water partition coefficient (Wildman–Crippen LogP) is 9.01. The molecule has 0 atom stereocenters. The van der Waals surface area contributed by atoms with Gasteiger partial charge in [0.1, 0.15) is 0 Å². The average Bonchev–Trinajstić information content (AvgIpc) is 2.89. The molecule has 0 spiro atoms. The summed E-state index contributed by atoms with van der Waals surface area (Å²) < 4.78 is 76.9. The monoisotopic (exact) mass is 518 g/mol. The smallest absolute Gasteiger partial charge is 0.192 e. The van der Waals surface area contributed by atoms with E-state index in [2.05, 4.69) is 0 Å². The molecule has 0 saturated carbocycles. The summed E-state index contributed by atoms with van der Waals surface area (Å²) in [6.07, 6.45) is -5.77. The fourth-order valence-electron chi connectivity index (χ4n) is 3.83. The topological polar surface area (TPSA) is 47.6 Å². The second-order valence-electron chi connectivity index (χ2n) is 8.36. The van der Waals surface area contributed by atoms with Gasteiger partial charge in [-0.05, 0) is 81.6 Å². The summed E-state index contributed by atoms with van der Waals surface area (Å²) in [6, 6.07) is 23.5. The second-order valence-corrected chi connectivity index (χ2v) is 8.36. The molecule has 0 aliphatic carbocycles. The van der Waals surface area contributed by atoms with Gasteiger partial charge >= 0.3 is 12.4 Å². The molecule has 2 nitrogen and oxygen atoms in total. The Labute approximate surface area is 214 Å². The van der Waals surface area contributed by atoms with Crippen LogP contribution < -0.4 is 0 Å². The highest BCUT2D eigenvalue weighted by Crippen LogP contribution is 2.32. The molecule has 0 aliphatic rings. The van der Waals surface area contributed by atoms with E-state index in [9.17, 15) is 36.9 Å². The highest BCUT2D eigenvalue weighted by atomic mass is 19.4. The molecule has 4 aromatic carbocycles. The van der Waals surface area contributed by atoms with Crippen LogP contribution in [-0.2, 0) is 12.4 Å². The van der Waals surface area contributed by atoms with Crippen molar-refractivity contribution in [3.05, 3.63) is 118 Å². The standard InChI is InChI=1S/C30H16F6N2/c31-29(32,33)27-9-5-21(6-10-27)25(17-37)15-19-1-3-23-14-20(2-4-24(23)13-19)16-26(18-38)22-7-11-28(12-8-22)30(34,35)36/h1-16H/b25-15+,26-16+. The Morgan fingerprint density at radius 2 is 0.868 bits per heavy atom. The van der Waals surface area contributed by atoms with Crippen molar-refractivity contribution in [3.8, 4) is 12.1 Å². The van der Waals surface area contributed by atoms with Gasteiger partial charge in [-0.3, -0.25) is 0 Å². The molecule has 188 valence electrons. The minimum absolute atomic E-state index is 0.202. The predicted molar refractivity (Wildman–Crippen MR) is 134 cm³/mol. The lowest BCUT2D eigenvalue weighted by Gasteiger charge is -2.08. The lowest BCUT2D eigenvalue weighted by atomic mass is 9.98. The number of fused-ring (bicyclic) bond motifs is 1.